The number of aliphatic hydroxyl groups is 1. The number of β-amino-alcohol motifs (C(OH)–C–C–N with tert-alkyl or cyclic N) is 1. The monoisotopic (exact) mass is 145 g/mol. The van der Waals surface area contributed by atoms with Crippen LogP contribution in [0.25, 0.3) is 0 Å². The highest BCUT2D eigenvalue weighted by Crippen LogP contribution is 2.09. The smallest absolute Gasteiger partial charge is 0.167 e. The molecule has 0 spiro atoms. The average molecular weight is 145 g/mol. The highest BCUT2D eigenvalue weighted by Gasteiger charge is 2.21. The Bertz CT molecular complexity index is 97.8. The van der Waals surface area contributed by atoms with Crippen molar-refractivity contribution < 1.29 is 9.84 Å². The molecule has 0 aliphatic carbocycles. The topological polar surface area (TPSA) is 32.7 Å². The van der Waals surface area contributed by atoms with Gasteiger partial charge in [-0.05, 0) is 13.5 Å². The minimum atomic E-state index is -0.580. The number of aliphatic hydroxyl groups excluding tert-OH is 1. The van der Waals surface area contributed by atoms with Crippen molar-refractivity contribution in [2.75, 3.05) is 20.1 Å². The maximum Gasteiger partial charge on any atom is 0.167 e. The Hall–Kier alpha value is -0.120. The van der Waals surface area contributed by atoms with Gasteiger partial charge >= 0.3 is 0 Å². The first-order valence-electron chi connectivity index (χ1n) is 3.74. The molecule has 1 rings (SSSR count). The highest BCUT2D eigenvalue weighted by molar-refractivity contribution is 4.68. The quantitative estimate of drug-likeness (QED) is 0.565. The lowest BCUT2D eigenvalue weighted by Crippen LogP contribution is -2.45. The van der Waals surface area contributed by atoms with Crippen LogP contribution in [0, 0.1) is 0 Å². The molecule has 0 aromatic heterocycles. The summed E-state index contributed by atoms with van der Waals surface area (Å²) in [6.45, 7) is 3.64. The van der Waals surface area contributed by atoms with Gasteiger partial charge < -0.3 is 9.84 Å². The standard InChI is InChI=1S/C7H15NO2/c1-3-6-4-8(2)5-7(9)10-6/h6-7,9H,3-5H2,1-2H3/t6-,7-/m0/s1. The number of rotatable bonds is 1. The fourth-order valence-corrected chi connectivity index (χ4v) is 1.22. The van der Waals surface area contributed by atoms with Gasteiger partial charge in [-0.1, -0.05) is 6.92 Å². The predicted octanol–water partition coefficient (Wildman–Crippen LogP) is 0.0454. The SMILES string of the molecule is CC[C@H]1CN(C)C[C@@H](O)O1. The lowest BCUT2D eigenvalue weighted by molar-refractivity contribution is -0.179. The maximum absolute atomic E-state index is 9.12. The molecule has 0 saturated carbocycles. The molecule has 1 N–H and O–H groups in total. The Labute approximate surface area is 61.6 Å². The van der Waals surface area contributed by atoms with Crippen LogP contribution in [0.3, 0.4) is 0 Å². The van der Waals surface area contributed by atoms with E-state index < -0.39 is 6.29 Å². The molecule has 3 nitrogen and oxygen atoms in total. The lowest BCUT2D eigenvalue weighted by atomic mass is 10.2. The number of ether oxygens (including phenoxy) is 1. The van der Waals surface area contributed by atoms with Crippen molar-refractivity contribution in [3.63, 3.8) is 0 Å². The summed E-state index contributed by atoms with van der Waals surface area (Å²) in [6, 6.07) is 0. The molecule has 2 atom stereocenters. The lowest BCUT2D eigenvalue weighted by Gasteiger charge is -2.32. The van der Waals surface area contributed by atoms with Crippen molar-refractivity contribution in [2.45, 2.75) is 25.7 Å². The molecule has 1 aliphatic rings. The first kappa shape index (κ1) is 7.98. The third-order valence-electron chi connectivity index (χ3n) is 1.79. The Morgan fingerprint density at radius 2 is 2.30 bits per heavy atom. The molecular formula is C7H15NO2. The van der Waals surface area contributed by atoms with E-state index in [0.29, 0.717) is 6.54 Å². The largest absolute Gasteiger partial charge is 0.367 e. The second kappa shape index (κ2) is 3.32. The number of hydrogen-bond acceptors (Lipinski definition) is 3. The van der Waals surface area contributed by atoms with Gasteiger partial charge in [0.1, 0.15) is 0 Å². The van der Waals surface area contributed by atoms with Gasteiger partial charge in [0.05, 0.1) is 6.10 Å². The first-order chi connectivity index (χ1) is 4.72. The van der Waals surface area contributed by atoms with Crippen LogP contribution in [-0.2, 0) is 4.74 Å². The number of hydrogen-bond donors (Lipinski definition) is 1. The van der Waals surface area contributed by atoms with Crippen LogP contribution in [0.2, 0.25) is 0 Å². The second-order valence-corrected chi connectivity index (χ2v) is 2.84. The van der Waals surface area contributed by atoms with Gasteiger partial charge in [-0.25, -0.2) is 0 Å². The normalized spacial score (nSPS) is 36.3. The van der Waals surface area contributed by atoms with Crippen LogP contribution in [0.1, 0.15) is 13.3 Å². The van der Waals surface area contributed by atoms with E-state index in [2.05, 4.69) is 11.8 Å². The molecule has 1 heterocycles. The minimum absolute atomic E-state index is 0.216. The Morgan fingerprint density at radius 3 is 2.80 bits per heavy atom. The van der Waals surface area contributed by atoms with E-state index in [1.54, 1.807) is 0 Å². The molecule has 0 radical (unpaired) electrons. The van der Waals surface area contributed by atoms with Crippen LogP contribution in [0.4, 0.5) is 0 Å². The van der Waals surface area contributed by atoms with E-state index >= 15 is 0 Å². The summed E-state index contributed by atoms with van der Waals surface area (Å²) in [5.41, 5.74) is 0. The molecule has 0 aromatic carbocycles. The zero-order valence-electron chi connectivity index (χ0n) is 6.58. The third kappa shape index (κ3) is 1.94. The molecule has 1 aliphatic heterocycles. The minimum Gasteiger partial charge on any atom is -0.367 e. The van der Waals surface area contributed by atoms with E-state index in [1.165, 1.54) is 0 Å². The summed E-state index contributed by atoms with van der Waals surface area (Å²) in [7, 11) is 1.99. The maximum atomic E-state index is 9.12. The van der Waals surface area contributed by atoms with E-state index in [4.69, 9.17) is 9.84 Å². The van der Waals surface area contributed by atoms with E-state index in [9.17, 15) is 0 Å². The van der Waals surface area contributed by atoms with E-state index in [1.807, 2.05) is 7.05 Å². The van der Waals surface area contributed by atoms with Crippen molar-refractivity contribution in [2.24, 2.45) is 0 Å². The molecule has 0 unspecified atom stereocenters. The average Bonchev–Trinajstić information content (AvgIpc) is 1.85. The van der Waals surface area contributed by atoms with Crippen LogP contribution in [-0.4, -0.2) is 42.5 Å². The molecule has 3 heteroatoms. The molecule has 60 valence electrons. The Kier molecular flexibility index (Phi) is 2.65. The van der Waals surface area contributed by atoms with Crippen molar-refractivity contribution in [3.05, 3.63) is 0 Å². The third-order valence-corrected chi connectivity index (χ3v) is 1.79. The van der Waals surface area contributed by atoms with Crippen LogP contribution >= 0.6 is 0 Å². The molecule has 0 amide bonds. The van der Waals surface area contributed by atoms with Crippen molar-refractivity contribution in [1.29, 1.82) is 0 Å². The summed E-state index contributed by atoms with van der Waals surface area (Å²) < 4.78 is 5.22. The second-order valence-electron chi connectivity index (χ2n) is 2.84. The van der Waals surface area contributed by atoms with Gasteiger partial charge in [0.15, 0.2) is 6.29 Å². The van der Waals surface area contributed by atoms with Crippen molar-refractivity contribution in [3.8, 4) is 0 Å². The zero-order valence-corrected chi connectivity index (χ0v) is 6.58. The van der Waals surface area contributed by atoms with Gasteiger partial charge in [0.2, 0.25) is 0 Å². The van der Waals surface area contributed by atoms with Crippen LogP contribution in [0.5, 0.6) is 0 Å². The number of nitrogens with zero attached hydrogens (tertiary/aromatic N) is 1. The molecule has 1 saturated heterocycles. The van der Waals surface area contributed by atoms with E-state index in [0.717, 1.165) is 13.0 Å². The number of morpholine rings is 1. The summed E-state index contributed by atoms with van der Waals surface area (Å²) in [6.07, 6.45) is 0.610. The highest BCUT2D eigenvalue weighted by atomic mass is 16.6. The van der Waals surface area contributed by atoms with Gasteiger partial charge in [-0.2, -0.15) is 0 Å². The summed E-state index contributed by atoms with van der Waals surface area (Å²) in [5, 5.41) is 9.12. The van der Waals surface area contributed by atoms with Crippen molar-refractivity contribution in [1.82, 2.24) is 4.90 Å². The van der Waals surface area contributed by atoms with Gasteiger partial charge in [-0.3, -0.25) is 4.90 Å². The summed E-state index contributed by atoms with van der Waals surface area (Å²) in [4.78, 5) is 2.09. The number of likely N-dealkylation sites (N-methyl/N-ethyl adjacent to an activating group) is 1. The van der Waals surface area contributed by atoms with Crippen molar-refractivity contribution >= 4 is 0 Å². The molecule has 10 heavy (non-hydrogen) atoms. The van der Waals surface area contributed by atoms with E-state index in [-0.39, 0.29) is 6.10 Å². The Balaban J connectivity index is 2.35. The first-order valence-corrected chi connectivity index (χ1v) is 3.74. The molecule has 0 aromatic rings. The van der Waals surface area contributed by atoms with Crippen LogP contribution < -0.4 is 0 Å². The summed E-state index contributed by atoms with van der Waals surface area (Å²) >= 11 is 0. The fourth-order valence-electron chi connectivity index (χ4n) is 1.22. The van der Waals surface area contributed by atoms with Gasteiger partial charge in [0.25, 0.3) is 0 Å². The van der Waals surface area contributed by atoms with Gasteiger partial charge in [0, 0.05) is 13.1 Å². The van der Waals surface area contributed by atoms with Crippen LogP contribution in [0.15, 0.2) is 0 Å². The predicted molar refractivity (Wildman–Crippen MR) is 38.7 cm³/mol. The fraction of sp³-hybridized carbons (Fsp3) is 1.00. The zero-order chi connectivity index (χ0) is 7.56. The molecule has 0 bridgehead atoms. The molecule has 1 fully saturated rings. The Morgan fingerprint density at radius 1 is 1.60 bits per heavy atom. The molecular weight excluding hydrogens is 130 g/mol. The summed E-state index contributed by atoms with van der Waals surface area (Å²) in [5.74, 6) is 0. The van der Waals surface area contributed by atoms with Gasteiger partial charge in [-0.15, -0.1) is 0 Å².